The van der Waals surface area contributed by atoms with Crippen LogP contribution < -0.4 is 4.74 Å². The van der Waals surface area contributed by atoms with E-state index in [1.165, 1.54) is 49.7 Å². The highest BCUT2D eigenvalue weighted by Gasteiger charge is 2.16. The van der Waals surface area contributed by atoms with Crippen LogP contribution in [0.1, 0.15) is 82.4 Å². The molecule has 0 fully saturated rings. The topological polar surface area (TPSA) is 9.23 Å². The minimum Gasteiger partial charge on any atom is -0.494 e. The van der Waals surface area contributed by atoms with Crippen molar-refractivity contribution in [1.29, 1.82) is 0 Å². The fraction of sp³-hybridized carbons (Fsp3) is 0.448. The van der Waals surface area contributed by atoms with E-state index in [-0.39, 0.29) is 0 Å². The number of unbranched alkanes of at least 4 members (excludes halogenated alkanes) is 2. The molecule has 3 rings (SSSR count). The highest BCUT2D eigenvalue weighted by Crippen LogP contribution is 2.33. The number of allylic oxidation sites excluding steroid dienone is 2. The van der Waals surface area contributed by atoms with Gasteiger partial charge in [0.15, 0.2) is 0 Å². The Balaban J connectivity index is 1.54. The van der Waals surface area contributed by atoms with Crippen molar-refractivity contribution in [3.05, 3.63) is 71.3 Å². The molecule has 0 aromatic heterocycles. The van der Waals surface area contributed by atoms with Gasteiger partial charge in [0.25, 0.3) is 0 Å². The Morgan fingerprint density at radius 1 is 0.933 bits per heavy atom. The highest BCUT2D eigenvalue weighted by atomic mass is 16.5. The summed E-state index contributed by atoms with van der Waals surface area (Å²) >= 11 is 0. The lowest BCUT2D eigenvalue weighted by Gasteiger charge is -2.23. The predicted octanol–water partition coefficient (Wildman–Crippen LogP) is 7.89. The molecule has 0 radical (unpaired) electrons. The maximum absolute atomic E-state index is 5.77. The molecule has 1 aliphatic rings. The van der Waals surface area contributed by atoms with E-state index in [0.717, 1.165) is 41.7 Å². The largest absolute Gasteiger partial charge is 0.494 e. The van der Waals surface area contributed by atoms with Crippen molar-refractivity contribution in [2.75, 3.05) is 6.61 Å². The summed E-state index contributed by atoms with van der Waals surface area (Å²) in [5.41, 5.74) is 4.94. The summed E-state index contributed by atoms with van der Waals surface area (Å²) in [4.78, 5) is 0. The standard InChI is InChI=1S/C29H36O/c1-4-5-6-21-30-29-19-13-25(14-20-29)8-7-24-9-15-27(16-10-24)28-17-11-26(12-18-28)22-23(2)3/h9-10,13-17,19-20,23,26H,4-6,11-12,18,21-22H2,1-3H3. The lowest BCUT2D eigenvalue weighted by molar-refractivity contribution is 0.306. The summed E-state index contributed by atoms with van der Waals surface area (Å²) in [6, 6.07) is 16.9. The van der Waals surface area contributed by atoms with Gasteiger partial charge in [0.05, 0.1) is 6.61 Å². The van der Waals surface area contributed by atoms with E-state index in [0.29, 0.717) is 0 Å². The maximum atomic E-state index is 5.77. The molecule has 0 saturated heterocycles. The quantitative estimate of drug-likeness (QED) is 0.323. The van der Waals surface area contributed by atoms with Gasteiger partial charge in [-0.15, -0.1) is 0 Å². The van der Waals surface area contributed by atoms with Crippen molar-refractivity contribution < 1.29 is 4.74 Å². The molecule has 30 heavy (non-hydrogen) atoms. The van der Waals surface area contributed by atoms with Crippen LogP contribution in [-0.2, 0) is 0 Å². The fourth-order valence-corrected chi connectivity index (χ4v) is 4.12. The van der Waals surface area contributed by atoms with E-state index < -0.39 is 0 Å². The molecule has 1 unspecified atom stereocenters. The molecule has 158 valence electrons. The van der Waals surface area contributed by atoms with Gasteiger partial charge >= 0.3 is 0 Å². The van der Waals surface area contributed by atoms with Crippen LogP contribution in [0, 0.1) is 23.7 Å². The number of hydrogen-bond acceptors (Lipinski definition) is 1. The maximum Gasteiger partial charge on any atom is 0.119 e. The monoisotopic (exact) mass is 400 g/mol. The van der Waals surface area contributed by atoms with Gasteiger partial charge in [-0.2, -0.15) is 0 Å². The molecule has 0 aliphatic heterocycles. The third kappa shape index (κ3) is 7.10. The van der Waals surface area contributed by atoms with Crippen LogP contribution in [0.4, 0.5) is 0 Å². The van der Waals surface area contributed by atoms with Gasteiger partial charge in [0, 0.05) is 11.1 Å². The van der Waals surface area contributed by atoms with Crippen molar-refractivity contribution in [2.24, 2.45) is 11.8 Å². The minimum atomic E-state index is 0.792. The Morgan fingerprint density at radius 2 is 1.60 bits per heavy atom. The molecular weight excluding hydrogens is 364 g/mol. The van der Waals surface area contributed by atoms with Crippen molar-refractivity contribution in [3.8, 4) is 17.6 Å². The van der Waals surface area contributed by atoms with Crippen LogP contribution in [0.15, 0.2) is 54.6 Å². The molecule has 1 aliphatic carbocycles. The van der Waals surface area contributed by atoms with Crippen molar-refractivity contribution >= 4 is 5.57 Å². The van der Waals surface area contributed by atoms with Crippen LogP contribution in [0.25, 0.3) is 5.57 Å². The smallest absolute Gasteiger partial charge is 0.119 e. The second-order valence-corrected chi connectivity index (χ2v) is 8.91. The molecule has 0 amide bonds. The van der Waals surface area contributed by atoms with E-state index in [1.54, 1.807) is 0 Å². The van der Waals surface area contributed by atoms with E-state index in [1.807, 2.05) is 24.3 Å². The van der Waals surface area contributed by atoms with Crippen LogP contribution >= 0.6 is 0 Å². The summed E-state index contributed by atoms with van der Waals surface area (Å²) < 4.78 is 5.77. The first kappa shape index (κ1) is 22.2. The lowest BCUT2D eigenvalue weighted by Crippen LogP contribution is -2.08. The van der Waals surface area contributed by atoms with Gasteiger partial charge in [-0.3, -0.25) is 0 Å². The summed E-state index contributed by atoms with van der Waals surface area (Å²) in [6.45, 7) is 7.66. The fourth-order valence-electron chi connectivity index (χ4n) is 4.12. The second kappa shape index (κ2) is 11.7. The number of ether oxygens (including phenoxy) is 1. The summed E-state index contributed by atoms with van der Waals surface area (Å²) in [6.07, 6.45) is 11.1. The van der Waals surface area contributed by atoms with Crippen LogP contribution in [0.3, 0.4) is 0 Å². The molecule has 0 heterocycles. The first-order valence-electron chi connectivity index (χ1n) is 11.7. The second-order valence-electron chi connectivity index (χ2n) is 8.91. The van der Waals surface area contributed by atoms with E-state index in [2.05, 4.69) is 63.0 Å². The molecule has 0 spiro atoms. The molecular formula is C29H36O. The summed E-state index contributed by atoms with van der Waals surface area (Å²) in [5, 5.41) is 0. The Morgan fingerprint density at radius 3 is 2.17 bits per heavy atom. The van der Waals surface area contributed by atoms with E-state index >= 15 is 0 Å². The third-order valence-electron chi connectivity index (χ3n) is 5.80. The third-order valence-corrected chi connectivity index (χ3v) is 5.80. The molecule has 0 bridgehead atoms. The number of benzene rings is 2. The lowest BCUT2D eigenvalue weighted by atomic mass is 9.82. The highest BCUT2D eigenvalue weighted by molar-refractivity contribution is 5.67. The van der Waals surface area contributed by atoms with Gasteiger partial charge in [0.2, 0.25) is 0 Å². The Bertz CT molecular complexity index is 859. The zero-order valence-electron chi connectivity index (χ0n) is 18.9. The normalized spacial score (nSPS) is 16.0. The van der Waals surface area contributed by atoms with Gasteiger partial charge < -0.3 is 4.74 Å². The molecule has 0 N–H and O–H groups in total. The van der Waals surface area contributed by atoms with Gasteiger partial charge in [-0.05, 0) is 91.5 Å². The zero-order valence-corrected chi connectivity index (χ0v) is 18.9. The predicted molar refractivity (Wildman–Crippen MR) is 129 cm³/mol. The van der Waals surface area contributed by atoms with Gasteiger partial charge in [-0.1, -0.05) is 63.7 Å². The van der Waals surface area contributed by atoms with Crippen LogP contribution in [0.2, 0.25) is 0 Å². The van der Waals surface area contributed by atoms with E-state index in [9.17, 15) is 0 Å². The first-order chi connectivity index (χ1) is 14.6. The Labute approximate surface area is 183 Å². The zero-order chi connectivity index (χ0) is 21.2. The Hall–Kier alpha value is -2.46. The van der Waals surface area contributed by atoms with Crippen molar-refractivity contribution in [2.45, 2.75) is 65.7 Å². The van der Waals surface area contributed by atoms with E-state index in [4.69, 9.17) is 4.74 Å². The van der Waals surface area contributed by atoms with Crippen molar-refractivity contribution in [3.63, 3.8) is 0 Å². The average molecular weight is 401 g/mol. The summed E-state index contributed by atoms with van der Waals surface area (Å²) in [7, 11) is 0. The molecule has 1 heteroatoms. The molecule has 1 atom stereocenters. The minimum absolute atomic E-state index is 0.792. The molecule has 2 aromatic rings. The SMILES string of the molecule is CCCCCOc1ccc(C#Cc2ccc(C3=CCC(CC(C)C)CC3)cc2)cc1. The average Bonchev–Trinajstić information content (AvgIpc) is 2.77. The molecule has 2 aromatic carbocycles. The van der Waals surface area contributed by atoms with Gasteiger partial charge in [0.1, 0.15) is 5.75 Å². The molecule has 0 saturated carbocycles. The first-order valence-corrected chi connectivity index (χ1v) is 11.7. The number of rotatable bonds is 8. The number of hydrogen-bond donors (Lipinski definition) is 0. The summed E-state index contributed by atoms with van der Waals surface area (Å²) in [5.74, 6) is 9.15. The van der Waals surface area contributed by atoms with Crippen LogP contribution in [0.5, 0.6) is 5.75 Å². The molecule has 1 nitrogen and oxygen atoms in total. The Kier molecular flexibility index (Phi) is 8.64. The van der Waals surface area contributed by atoms with Crippen LogP contribution in [-0.4, -0.2) is 6.61 Å². The van der Waals surface area contributed by atoms with Gasteiger partial charge in [-0.25, -0.2) is 0 Å². The van der Waals surface area contributed by atoms with Crippen molar-refractivity contribution in [1.82, 2.24) is 0 Å².